The van der Waals surface area contributed by atoms with Crippen LogP contribution in [-0.2, 0) is 25.5 Å². The average molecular weight is 543 g/mol. The molecule has 2 aromatic carbocycles. The number of carbonyl (C=O) groups excluding carboxylic acids is 3. The Morgan fingerprint density at radius 3 is 2.21 bits per heavy atom. The molecule has 0 saturated carbocycles. The van der Waals surface area contributed by atoms with Crippen LogP contribution in [0.3, 0.4) is 0 Å². The zero-order valence-corrected chi connectivity index (χ0v) is 22.3. The van der Waals surface area contributed by atoms with Crippen LogP contribution in [-0.4, -0.2) is 47.4 Å². The van der Waals surface area contributed by atoms with Crippen LogP contribution in [0.1, 0.15) is 26.3 Å². The van der Waals surface area contributed by atoms with E-state index >= 15 is 0 Å². The number of nitro benzene ring substituents is 1. The van der Waals surface area contributed by atoms with Gasteiger partial charge in [0.1, 0.15) is 11.6 Å². The van der Waals surface area contributed by atoms with E-state index in [0.717, 1.165) is 0 Å². The van der Waals surface area contributed by atoms with E-state index in [0.29, 0.717) is 29.4 Å². The summed E-state index contributed by atoms with van der Waals surface area (Å²) in [7, 11) is 0. The van der Waals surface area contributed by atoms with Gasteiger partial charge in [0.15, 0.2) is 0 Å². The van der Waals surface area contributed by atoms with E-state index in [1.165, 1.54) is 30.3 Å². The molecule has 0 aliphatic carbocycles. The first kappa shape index (κ1) is 30.0. The average Bonchev–Trinajstić information content (AvgIpc) is 2.83. The molecule has 202 valence electrons. The number of carbonyl (C=O) groups is 3. The van der Waals surface area contributed by atoms with Gasteiger partial charge in [-0.1, -0.05) is 35.9 Å². The lowest BCUT2D eigenvalue weighted by atomic mass is 10.0. The van der Waals surface area contributed by atoms with Gasteiger partial charge < -0.3 is 20.3 Å². The summed E-state index contributed by atoms with van der Waals surface area (Å²) >= 11 is 6.13. The molecule has 0 radical (unpaired) electrons. The summed E-state index contributed by atoms with van der Waals surface area (Å²) in [6, 6.07) is 9.12. The predicted molar refractivity (Wildman–Crippen MR) is 147 cm³/mol. The van der Waals surface area contributed by atoms with Crippen molar-refractivity contribution in [1.82, 2.24) is 5.32 Å². The highest BCUT2D eigenvalue weighted by Gasteiger charge is 2.29. The second-order valence-electron chi connectivity index (χ2n) is 9.29. The van der Waals surface area contributed by atoms with Gasteiger partial charge in [0, 0.05) is 36.7 Å². The number of ether oxygens (including phenoxy) is 1. The Bertz CT molecular complexity index is 1200. The molecule has 0 saturated heterocycles. The molecule has 1 atom stereocenters. The van der Waals surface area contributed by atoms with Gasteiger partial charge in [-0.3, -0.25) is 19.7 Å². The van der Waals surface area contributed by atoms with Crippen LogP contribution in [0.2, 0.25) is 5.02 Å². The summed E-state index contributed by atoms with van der Waals surface area (Å²) < 4.78 is 5.42. The Kier molecular flexibility index (Phi) is 10.6. The van der Waals surface area contributed by atoms with Crippen LogP contribution in [0.5, 0.6) is 0 Å². The molecular formula is C27H31ClN4O6. The first-order chi connectivity index (χ1) is 17.8. The quantitative estimate of drug-likeness (QED) is 0.141. The summed E-state index contributed by atoms with van der Waals surface area (Å²) in [6.45, 7) is 13.4. The standard InChI is InChI=1S/C27H31ClN4O6/c1-6-14-31(15-7-2)23-13-10-19(28)17-21(23)29-24(33)25(34)30-22(26(35)38-27(3,4)5)16-18-8-11-20(12-9-18)32(36)37/h6-13,17,22H,1-2,14-16H2,3-5H3,(H,29,33)(H,30,34)/t22-/m0/s1. The number of hydrogen-bond donors (Lipinski definition) is 2. The number of benzene rings is 2. The van der Waals surface area contributed by atoms with Crippen molar-refractivity contribution < 1.29 is 24.0 Å². The van der Waals surface area contributed by atoms with Crippen molar-refractivity contribution in [2.24, 2.45) is 0 Å². The molecule has 2 N–H and O–H groups in total. The molecule has 0 aliphatic heterocycles. The number of rotatable bonds is 11. The molecule has 10 nitrogen and oxygen atoms in total. The maximum absolute atomic E-state index is 12.9. The fraction of sp³-hybridized carbons (Fsp3) is 0.296. The van der Waals surface area contributed by atoms with Gasteiger partial charge in [-0.05, 0) is 44.5 Å². The highest BCUT2D eigenvalue weighted by Crippen LogP contribution is 2.29. The Labute approximate surface area is 226 Å². The summed E-state index contributed by atoms with van der Waals surface area (Å²) in [6.07, 6.45) is 3.31. The van der Waals surface area contributed by atoms with Gasteiger partial charge in [0.05, 0.1) is 16.3 Å². The number of halogens is 1. The van der Waals surface area contributed by atoms with Crippen LogP contribution >= 0.6 is 11.6 Å². The zero-order chi connectivity index (χ0) is 28.5. The molecule has 0 aliphatic rings. The molecule has 0 fully saturated rings. The largest absolute Gasteiger partial charge is 0.458 e. The zero-order valence-electron chi connectivity index (χ0n) is 21.5. The van der Waals surface area contributed by atoms with Crippen LogP contribution in [0.4, 0.5) is 17.1 Å². The normalized spacial score (nSPS) is 11.6. The van der Waals surface area contributed by atoms with Crippen molar-refractivity contribution in [3.05, 3.63) is 88.5 Å². The number of nitro groups is 1. The van der Waals surface area contributed by atoms with Gasteiger partial charge in [0.25, 0.3) is 5.69 Å². The monoisotopic (exact) mass is 542 g/mol. The van der Waals surface area contributed by atoms with Gasteiger partial charge >= 0.3 is 17.8 Å². The van der Waals surface area contributed by atoms with Crippen molar-refractivity contribution in [3.8, 4) is 0 Å². The maximum atomic E-state index is 12.9. The molecular weight excluding hydrogens is 512 g/mol. The molecule has 0 bridgehead atoms. The van der Waals surface area contributed by atoms with E-state index in [9.17, 15) is 24.5 Å². The minimum Gasteiger partial charge on any atom is -0.458 e. The summed E-state index contributed by atoms with van der Waals surface area (Å²) in [5.41, 5.74) is 0.419. The van der Waals surface area contributed by atoms with E-state index in [1.807, 2.05) is 4.90 Å². The van der Waals surface area contributed by atoms with E-state index in [1.54, 1.807) is 45.1 Å². The lowest BCUT2D eigenvalue weighted by molar-refractivity contribution is -0.384. The number of esters is 1. The summed E-state index contributed by atoms with van der Waals surface area (Å²) in [5.74, 6) is -2.86. The molecule has 0 spiro atoms. The van der Waals surface area contributed by atoms with E-state index in [-0.39, 0.29) is 17.8 Å². The third kappa shape index (κ3) is 9.04. The number of amides is 2. The molecule has 2 amide bonds. The number of nitrogens with one attached hydrogen (secondary N) is 2. The van der Waals surface area contributed by atoms with Crippen LogP contribution < -0.4 is 15.5 Å². The third-order valence-corrected chi connectivity index (χ3v) is 5.27. The Morgan fingerprint density at radius 2 is 1.68 bits per heavy atom. The van der Waals surface area contributed by atoms with Crippen LogP contribution in [0, 0.1) is 10.1 Å². The number of anilines is 2. The highest BCUT2D eigenvalue weighted by atomic mass is 35.5. The molecule has 2 aromatic rings. The Balaban J connectivity index is 2.27. The Morgan fingerprint density at radius 1 is 1.08 bits per heavy atom. The van der Waals surface area contributed by atoms with E-state index in [4.69, 9.17) is 16.3 Å². The Hall–Kier alpha value is -4.18. The maximum Gasteiger partial charge on any atom is 0.329 e. The van der Waals surface area contributed by atoms with E-state index < -0.39 is 34.3 Å². The highest BCUT2D eigenvalue weighted by molar-refractivity contribution is 6.40. The fourth-order valence-electron chi connectivity index (χ4n) is 3.43. The summed E-state index contributed by atoms with van der Waals surface area (Å²) in [5, 5.41) is 16.3. The van der Waals surface area contributed by atoms with Crippen LogP contribution in [0.25, 0.3) is 0 Å². The predicted octanol–water partition coefficient (Wildman–Crippen LogP) is 4.43. The number of hydrogen-bond acceptors (Lipinski definition) is 7. The van der Waals surface area contributed by atoms with E-state index in [2.05, 4.69) is 23.8 Å². The lowest BCUT2D eigenvalue weighted by Crippen LogP contribution is -2.49. The van der Waals surface area contributed by atoms with Crippen molar-refractivity contribution in [2.45, 2.75) is 38.8 Å². The first-order valence-electron chi connectivity index (χ1n) is 11.7. The van der Waals surface area contributed by atoms with Gasteiger partial charge in [0.2, 0.25) is 0 Å². The molecule has 2 rings (SSSR count). The molecule has 0 unspecified atom stereocenters. The second-order valence-corrected chi connectivity index (χ2v) is 9.72. The molecule has 0 heterocycles. The van der Waals surface area contributed by atoms with Crippen molar-refractivity contribution in [3.63, 3.8) is 0 Å². The fourth-order valence-corrected chi connectivity index (χ4v) is 3.60. The second kappa shape index (κ2) is 13.4. The van der Waals surface area contributed by atoms with Crippen molar-refractivity contribution in [1.29, 1.82) is 0 Å². The van der Waals surface area contributed by atoms with Gasteiger partial charge in [-0.25, -0.2) is 4.79 Å². The molecule has 0 aromatic heterocycles. The first-order valence-corrected chi connectivity index (χ1v) is 12.1. The van der Waals surface area contributed by atoms with Crippen molar-refractivity contribution in [2.75, 3.05) is 23.3 Å². The van der Waals surface area contributed by atoms with Gasteiger partial charge in [-0.15, -0.1) is 13.2 Å². The molecule has 11 heteroatoms. The van der Waals surface area contributed by atoms with Crippen LogP contribution in [0.15, 0.2) is 67.8 Å². The lowest BCUT2D eigenvalue weighted by Gasteiger charge is -2.25. The third-order valence-electron chi connectivity index (χ3n) is 5.04. The number of non-ortho nitro benzene ring substituents is 1. The van der Waals surface area contributed by atoms with Gasteiger partial charge in [-0.2, -0.15) is 0 Å². The minimum absolute atomic E-state index is 0.0548. The van der Waals surface area contributed by atoms with Crippen molar-refractivity contribution >= 4 is 46.4 Å². The SMILES string of the molecule is C=CCN(CC=C)c1ccc(Cl)cc1NC(=O)C(=O)N[C@@H](Cc1ccc([N+](=O)[O-])cc1)C(=O)OC(C)(C)C. The molecule has 38 heavy (non-hydrogen) atoms. The topological polar surface area (TPSA) is 131 Å². The summed E-state index contributed by atoms with van der Waals surface area (Å²) in [4.78, 5) is 50.9. The smallest absolute Gasteiger partial charge is 0.329 e. The minimum atomic E-state index is -1.23. The number of nitrogens with zero attached hydrogens (tertiary/aromatic N) is 2.